The van der Waals surface area contributed by atoms with Gasteiger partial charge in [-0.2, -0.15) is 0 Å². The maximum absolute atomic E-state index is 12.3. The first kappa shape index (κ1) is 13.5. The van der Waals surface area contributed by atoms with Gasteiger partial charge in [0.1, 0.15) is 0 Å². The summed E-state index contributed by atoms with van der Waals surface area (Å²) in [5.74, 6) is 0.0972. The van der Waals surface area contributed by atoms with E-state index in [1.54, 1.807) is 6.20 Å². The number of carbonyl (C=O) groups is 1. The van der Waals surface area contributed by atoms with Gasteiger partial charge in [-0.25, -0.2) is 4.98 Å². The smallest absolute Gasteiger partial charge is 0.233 e. The van der Waals surface area contributed by atoms with Crippen LogP contribution in [0.2, 0.25) is 0 Å². The molecule has 0 spiro atoms. The molecule has 2 rings (SSSR count). The van der Waals surface area contributed by atoms with Crippen LogP contribution >= 0.6 is 11.3 Å². The number of hydrogen-bond acceptors (Lipinski definition) is 4. The van der Waals surface area contributed by atoms with Crippen LogP contribution in [0, 0.1) is 12.3 Å². The van der Waals surface area contributed by atoms with Crippen molar-refractivity contribution in [1.29, 1.82) is 0 Å². The zero-order valence-electron chi connectivity index (χ0n) is 11.5. The monoisotopic (exact) mass is 267 g/mol. The number of carbonyl (C=O) groups excluding carboxylic acids is 1. The van der Waals surface area contributed by atoms with Gasteiger partial charge in [-0.15, -0.1) is 11.3 Å². The molecule has 0 saturated carbocycles. The number of aryl methyl sites for hydroxylation is 1. The van der Waals surface area contributed by atoms with Crippen molar-refractivity contribution >= 4 is 22.4 Å². The number of anilines is 1. The molecular formula is C13H21N3OS. The maximum Gasteiger partial charge on any atom is 0.233 e. The third kappa shape index (κ3) is 2.72. The molecule has 1 atom stereocenters. The van der Waals surface area contributed by atoms with Crippen LogP contribution in [0.5, 0.6) is 0 Å². The Labute approximate surface area is 112 Å². The van der Waals surface area contributed by atoms with Gasteiger partial charge < -0.3 is 5.32 Å². The van der Waals surface area contributed by atoms with Crippen molar-refractivity contribution in [2.45, 2.75) is 40.2 Å². The molecule has 1 N–H and O–H groups in total. The zero-order chi connectivity index (χ0) is 13.3. The van der Waals surface area contributed by atoms with E-state index in [-0.39, 0.29) is 11.3 Å². The molecule has 0 aromatic carbocycles. The molecule has 1 fully saturated rings. The van der Waals surface area contributed by atoms with Crippen LogP contribution in [0.1, 0.15) is 32.1 Å². The fourth-order valence-electron chi connectivity index (χ4n) is 2.28. The van der Waals surface area contributed by atoms with E-state index in [9.17, 15) is 4.79 Å². The lowest BCUT2D eigenvalue weighted by Gasteiger charge is -2.25. The molecule has 1 aromatic heterocycles. The van der Waals surface area contributed by atoms with Gasteiger partial charge in [0.2, 0.25) is 5.91 Å². The molecule has 1 aromatic rings. The quantitative estimate of drug-likeness (QED) is 0.915. The molecule has 4 nitrogen and oxygen atoms in total. The summed E-state index contributed by atoms with van der Waals surface area (Å²) in [5.41, 5.74) is -0.288. The maximum atomic E-state index is 12.3. The number of thiazole rings is 1. The summed E-state index contributed by atoms with van der Waals surface area (Å²) >= 11 is 1.52. The van der Waals surface area contributed by atoms with E-state index < -0.39 is 0 Å². The van der Waals surface area contributed by atoms with Crippen molar-refractivity contribution in [3.8, 4) is 0 Å². The average molecular weight is 267 g/mol. The molecule has 0 bridgehead atoms. The van der Waals surface area contributed by atoms with Gasteiger partial charge in [0.25, 0.3) is 0 Å². The van der Waals surface area contributed by atoms with E-state index in [1.165, 1.54) is 11.3 Å². The Morgan fingerprint density at radius 2 is 2.33 bits per heavy atom. The molecular weight excluding hydrogens is 246 g/mol. The molecule has 2 heterocycles. The molecule has 18 heavy (non-hydrogen) atoms. The fraction of sp³-hybridized carbons (Fsp3) is 0.692. The fourth-order valence-corrected chi connectivity index (χ4v) is 2.94. The summed E-state index contributed by atoms with van der Waals surface area (Å²) in [7, 11) is 0. The predicted octanol–water partition coefficient (Wildman–Crippen LogP) is 2.51. The van der Waals surface area contributed by atoms with E-state index in [0.717, 1.165) is 24.4 Å². The summed E-state index contributed by atoms with van der Waals surface area (Å²) in [4.78, 5) is 20.0. The van der Waals surface area contributed by atoms with Gasteiger partial charge in [0, 0.05) is 23.7 Å². The summed E-state index contributed by atoms with van der Waals surface area (Å²) in [5, 5.41) is 3.66. The number of amides is 1. The summed E-state index contributed by atoms with van der Waals surface area (Å²) in [6, 6.07) is 0.502. The minimum atomic E-state index is -0.288. The second-order valence-electron chi connectivity index (χ2n) is 5.61. The summed E-state index contributed by atoms with van der Waals surface area (Å²) in [6.07, 6.45) is 2.71. The highest BCUT2D eigenvalue weighted by Gasteiger charge is 2.41. The molecule has 1 aliphatic rings. The third-order valence-corrected chi connectivity index (χ3v) is 4.45. The highest BCUT2D eigenvalue weighted by atomic mass is 32.1. The van der Waals surface area contributed by atoms with Crippen molar-refractivity contribution in [2.24, 2.45) is 5.41 Å². The lowest BCUT2D eigenvalue weighted by Crippen LogP contribution is -2.38. The van der Waals surface area contributed by atoms with E-state index in [1.807, 2.05) is 13.8 Å². The molecule has 0 aliphatic carbocycles. The van der Waals surface area contributed by atoms with Gasteiger partial charge in [-0.05, 0) is 40.7 Å². The molecule has 1 amide bonds. The van der Waals surface area contributed by atoms with Crippen LogP contribution in [-0.4, -0.2) is 34.9 Å². The molecule has 0 radical (unpaired) electrons. The van der Waals surface area contributed by atoms with Crippen molar-refractivity contribution in [2.75, 3.05) is 18.4 Å². The first-order valence-electron chi connectivity index (χ1n) is 6.39. The lowest BCUT2D eigenvalue weighted by molar-refractivity contribution is -0.124. The Bertz CT molecular complexity index is 443. The first-order chi connectivity index (χ1) is 8.40. The Morgan fingerprint density at radius 3 is 2.83 bits per heavy atom. The van der Waals surface area contributed by atoms with Gasteiger partial charge in [-0.1, -0.05) is 0 Å². The molecule has 1 unspecified atom stereocenters. The zero-order valence-corrected chi connectivity index (χ0v) is 12.3. The van der Waals surface area contributed by atoms with E-state index in [4.69, 9.17) is 0 Å². The van der Waals surface area contributed by atoms with Gasteiger partial charge in [-0.3, -0.25) is 9.69 Å². The van der Waals surface area contributed by atoms with E-state index in [0.29, 0.717) is 11.2 Å². The Hall–Kier alpha value is -0.940. The van der Waals surface area contributed by atoms with Crippen molar-refractivity contribution < 1.29 is 4.79 Å². The van der Waals surface area contributed by atoms with Gasteiger partial charge in [0.15, 0.2) is 5.13 Å². The number of likely N-dealkylation sites (tertiary alicyclic amines) is 1. The lowest BCUT2D eigenvalue weighted by atomic mass is 9.89. The van der Waals surface area contributed by atoms with E-state index in [2.05, 4.69) is 29.0 Å². The van der Waals surface area contributed by atoms with Crippen LogP contribution in [0.4, 0.5) is 5.13 Å². The largest absolute Gasteiger partial charge is 0.301 e. The number of nitrogens with one attached hydrogen (secondary N) is 1. The Morgan fingerprint density at radius 1 is 1.61 bits per heavy atom. The minimum absolute atomic E-state index is 0.0972. The number of nitrogens with zero attached hydrogens (tertiary/aromatic N) is 2. The second-order valence-corrected chi connectivity index (χ2v) is 6.84. The predicted molar refractivity (Wildman–Crippen MR) is 74.9 cm³/mol. The number of aromatic nitrogens is 1. The molecule has 5 heteroatoms. The van der Waals surface area contributed by atoms with Crippen LogP contribution in [0.25, 0.3) is 0 Å². The van der Waals surface area contributed by atoms with Crippen LogP contribution in [0.15, 0.2) is 6.20 Å². The summed E-state index contributed by atoms with van der Waals surface area (Å²) < 4.78 is 0. The SMILES string of the molecule is Cc1cnc(NC(=O)C2(C)CCN(C(C)C)C2)s1. The number of rotatable bonds is 3. The van der Waals surface area contributed by atoms with Crippen molar-refractivity contribution in [3.63, 3.8) is 0 Å². The Kier molecular flexibility index (Phi) is 3.73. The normalized spacial score (nSPS) is 24.7. The Balaban J connectivity index is 2.01. The standard InChI is InChI=1S/C13H21N3OS/c1-9(2)16-6-5-13(4,8-16)11(17)15-12-14-7-10(3)18-12/h7,9H,5-6,8H2,1-4H3,(H,14,15,17). The van der Waals surface area contributed by atoms with Crippen LogP contribution < -0.4 is 5.32 Å². The summed E-state index contributed by atoms with van der Waals surface area (Å²) in [6.45, 7) is 10.2. The van der Waals surface area contributed by atoms with Crippen molar-refractivity contribution in [1.82, 2.24) is 9.88 Å². The molecule has 1 saturated heterocycles. The average Bonchev–Trinajstić information content (AvgIpc) is 2.86. The number of hydrogen-bond donors (Lipinski definition) is 1. The minimum Gasteiger partial charge on any atom is -0.301 e. The molecule has 1 aliphatic heterocycles. The highest BCUT2D eigenvalue weighted by molar-refractivity contribution is 7.15. The van der Waals surface area contributed by atoms with Crippen LogP contribution in [0.3, 0.4) is 0 Å². The van der Waals surface area contributed by atoms with E-state index >= 15 is 0 Å². The molecule has 100 valence electrons. The second kappa shape index (κ2) is 4.97. The third-order valence-electron chi connectivity index (χ3n) is 3.62. The van der Waals surface area contributed by atoms with Gasteiger partial charge >= 0.3 is 0 Å². The first-order valence-corrected chi connectivity index (χ1v) is 7.20. The van der Waals surface area contributed by atoms with Crippen molar-refractivity contribution in [3.05, 3.63) is 11.1 Å². The van der Waals surface area contributed by atoms with Gasteiger partial charge in [0.05, 0.1) is 5.41 Å². The topological polar surface area (TPSA) is 45.2 Å². The highest BCUT2D eigenvalue weighted by Crippen LogP contribution is 2.32. The van der Waals surface area contributed by atoms with Crippen LogP contribution in [-0.2, 0) is 4.79 Å².